The molecule has 1 saturated carbocycles. The molecule has 1 atom stereocenters. The van der Waals surface area contributed by atoms with Gasteiger partial charge >= 0.3 is 0 Å². The highest BCUT2D eigenvalue weighted by molar-refractivity contribution is 5.88. The van der Waals surface area contributed by atoms with Crippen LogP contribution in [-0.4, -0.2) is 72.9 Å². The summed E-state index contributed by atoms with van der Waals surface area (Å²) in [7, 11) is 0. The Kier molecular flexibility index (Phi) is 6.70. The summed E-state index contributed by atoms with van der Waals surface area (Å²) in [5, 5.41) is 0. The van der Waals surface area contributed by atoms with Crippen LogP contribution in [0.5, 0.6) is 5.75 Å². The Hall–Kier alpha value is -1.66. The minimum atomic E-state index is -1.53. The van der Waals surface area contributed by atoms with E-state index in [0.29, 0.717) is 37.9 Å². The zero-order valence-electron chi connectivity index (χ0n) is 19.1. The van der Waals surface area contributed by atoms with Gasteiger partial charge in [-0.2, -0.15) is 0 Å². The lowest BCUT2D eigenvalue weighted by Crippen LogP contribution is -2.42. The summed E-state index contributed by atoms with van der Waals surface area (Å²) in [5.41, 5.74) is -0.174. The third-order valence-electron chi connectivity index (χ3n) is 7.92. The van der Waals surface area contributed by atoms with E-state index >= 15 is 0 Å². The lowest BCUT2D eigenvalue weighted by Gasteiger charge is -2.38. The van der Waals surface area contributed by atoms with Crippen molar-refractivity contribution < 1.29 is 18.7 Å². The van der Waals surface area contributed by atoms with Crippen molar-refractivity contribution in [3.63, 3.8) is 0 Å². The molecule has 0 unspecified atom stereocenters. The number of rotatable bonds is 5. The lowest BCUT2D eigenvalue weighted by atomic mass is 9.87. The highest BCUT2D eigenvalue weighted by Crippen LogP contribution is 2.42. The van der Waals surface area contributed by atoms with Gasteiger partial charge in [0.1, 0.15) is 11.9 Å². The molecule has 1 aromatic carbocycles. The SMILES string of the molecule is O=C(N1CCC[C@@H](N2CCC(c3ccccc3OC3CCOCC3)CC2)CC1)C1(F)CC1. The molecule has 3 saturated heterocycles. The first kappa shape index (κ1) is 22.1. The molecule has 176 valence electrons. The average Bonchev–Trinajstić information content (AvgIpc) is 3.63. The van der Waals surface area contributed by atoms with Gasteiger partial charge in [0.25, 0.3) is 5.91 Å². The minimum absolute atomic E-state index is 0.252. The summed E-state index contributed by atoms with van der Waals surface area (Å²) in [6.07, 6.45) is 8.37. The first-order valence-electron chi connectivity index (χ1n) is 12.7. The Balaban J connectivity index is 1.15. The zero-order valence-corrected chi connectivity index (χ0v) is 19.1. The van der Waals surface area contributed by atoms with Crippen molar-refractivity contribution in [2.24, 2.45) is 0 Å². The number of alkyl halides is 1. The summed E-state index contributed by atoms with van der Waals surface area (Å²) < 4.78 is 26.1. The van der Waals surface area contributed by atoms with Crippen molar-refractivity contribution in [3.8, 4) is 5.75 Å². The molecular formula is C26H37FN2O3. The van der Waals surface area contributed by atoms with E-state index in [9.17, 15) is 9.18 Å². The molecule has 0 aromatic heterocycles. The van der Waals surface area contributed by atoms with E-state index in [2.05, 4.69) is 29.2 Å². The molecule has 5 nitrogen and oxygen atoms in total. The van der Waals surface area contributed by atoms with E-state index in [1.807, 2.05) is 0 Å². The van der Waals surface area contributed by atoms with Crippen LogP contribution in [0.25, 0.3) is 0 Å². The van der Waals surface area contributed by atoms with Gasteiger partial charge in [-0.05, 0) is 75.6 Å². The van der Waals surface area contributed by atoms with E-state index < -0.39 is 5.67 Å². The third kappa shape index (κ3) is 4.96. The number of piperidine rings is 1. The van der Waals surface area contributed by atoms with Gasteiger partial charge in [0.05, 0.1) is 13.2 Å². The summed E-state index contributed by atoms with van der Waals surface area (Å²) in [5.74, 6) is 1.34. The standard InChI is InChI=1S/C26H37FN2O3/c27-26(12-13-26)25(30)29-14-3-4-21(9-17-29)28-15-7-20(8-16-28)23-5-1-2-6-24(23)32-22-10-18-31-19-11-22/h1-2,5-6,20-22H,3-4,7-19H2/t21-/m1/s1. The minimum Gasteiger partial charge on any atom is -0.490 e. The molecule has 32 heavy (non-hydrogen) atoms. The predicted molar refractivity (Wildman–Crippen MR) is 122 cm³/mol. The molecule has 4 aliphatic rings. The number of benzene rings is 1. The number of hydrogen-bond acceptors (Lipinski definition) is 4. The molecule has 3 heterocycles. The van der Waals surface area contributed by atoms with Crippen LogP contribution in [-0.2, 0) is 9.53 Å². The molecule has 3 aliphatic heterocycles. The average molecular weight is 445 g/mol. The predicted octanol–water partition coefficient (Wildman–Crippen LogP) is 4.31. The lowest BCUT2D eigenvalue weighted by molar-refractivity contribution is -0.138. The fourth-order valence-corrected chi connectivity index (χ4v) is 5.73. The molecule has 1 amide bonds. The van der Waals surface area contributed by atoms with Crippen LogP contribution >= 0.6 is 0 Å². The van der Waals surface area contributed by atoms with Crippen molar-refractivity contribution in [1.82, 2.24) is 9.80 Å². The van der Waals surface area contributed by atoms with E-state index in [1.54, 1.807) is 4.90 Å². The number of carbonyl (C=O) groups excluding carboxylic acids is 1. The molecule has 0 N–H and O–H groups in total. The smallest absolute Gasteiger partial charge is 0.260 e. The summed E-state index contributed by atoms with van der Waals surface area (Å²) in [6, 6.07) is 9.10. The normalized spacial score (nSPS) is 27.7. The molecule has 0 radical (unpaired) electrons. The van der Waals surface area contributed by atoms with E-state index in [-0.39, 0.29) is 12.0 Å². The Morgan fingerprint density at radius 3 is 2.47 bits per heavy atom. The number of halogens is 1. The van der Waals surface area contributed by atoms with Gasteiger partial charge < -0.3 is 19.3 Å². The second kappa shape index (κ2) is 9.68. The number of carbonyl (C=O) groups is 1. The van der Waals surface area contributed by atoms with Crippen LogP contribution < -0.4 is 4.74 Å². The van der Waals surface area contributed by atoms with E-state index in [1.165, 1.54) is 5.56 Å². The topological polar surface area (TPSA) is 42.0 Å². The Morgan fingerprint density at radius 2 is 1.72 bits per heavy atom. The molecule has 0 bridgehead atoms. The van der Waals surface area contributed by atoms with Crippen LogP contribution in [0.1, 0.15) is 69.3 Å². The number of ether oxygens (including phenoxy) is 2. The van der Waals surface area contributed by atoms with Crippen molar-refractivity contribution in [2.45, 2.75) is 81.5 Å². The number of amides is 1. The quantitative estimate of drug-likeness (QED) is 0.679. The van der Waals surface area contributed by atoms with Crippen LogP contribution in [0, 0.1) is 0 Å². The fraction of sp³-hybridized carbons (Fsp3) is 0.731. The zero-order chi connectivity index (χ0) is 22.0. The molecule has 1 aromatic rings. The molecular weight excluding hydrogens is 407 g/mol. The monoisotopic (exact) mass is 444 g/mol. The maximum atomic E-state index is 14.2. The van der Waals surface area contributed by atoms with Crippen molar-refractivity contribution in [1.29, 1.82) is 0 Å². The highest BCUT2D eigenvalue weighted by atomic mass is 19.1. The van der Waals surface area contributed by atoms with Gasteiger partial charge in [-0.25, -0.2) is 4.39 Å². The van der Waals surface area contributed by atoms with Crippen molar-refractivity contribution in [2.75, 3.05) is 39.4 Å². The molecule has 0 spiro atoms. The maximum absolute atomic E-state index is 14.2. The summed E-state index contributed by atoms with van der Waals surface area (Å²) in [4.78, 5) is 16.8. The first-order valence-corrected chi connectivity index (χ1v) is 12.7. The summed E-state index contributed by atoms with van der Waals surface area (Å²) >= 11 is 0. The number of nitrogens with zero attached hydrogens (tertiary/aromatic N) is 2. The summed E-state index contributed by atoms with van der Waals surface area (Å²) in [6.45, 7) is 5.18. The van der Waals surface area contributed by atoms with Gasteiger partial charge in [-0.1, -0.05) is 18.2 Å². The second-order valence-corrected chi connectivity index (χ2v) is 10.1. The number of hydrogen-bond donors (Lipinski definition) is 0. The number of para-hydroxylation sites is 1. The van der Waals surface area contributed by atoms with Gasteiger partial charge in [-0.3, -0.25) is 4.79 Å². The number of likely N-dealkylation sites (tertiary alicyclic amines) is 2. The van der Waals surface area contributed by atoms with Gasteiger partial charge in [0.15, 0.2) is 5.67 Å². The molecule has 5 rings (SSSR count). The van der Waals surface area contributed by atoms with Crippen LogP contribution in [0.3, 0.4) is 0 Å². The fourth-order valence-electron chi connectivity index (χ4n) is 5.73. The van der Waals surface area contributed by atoms with Crippen molar-refractivity contribution >= 4 is 5.91 Å². The van der Waals surface area contributed by atoms with E-state index in [0.717, 1.165) is 77.0 Å². The van der Waals surface area contributed by atoms with Gasteiger partial charge in [0.2, 0.25) is 0 Å². The van der Waals surface area contributed by atoms with E-state index in [4.69, 9.17) is 9.47 Å². The van der Waals surface area contributed by atoms with Crippen LogP contribution in [0.2, 0.25) is 0 Å². The first-order chi connectivity index (χ1) is 15.6. The molecule has 6 heteroatoms. The van der Waals surface area contributed by atoms with Gasteiger partial charge in [0, 0.05) is 32.0 Å². The Morgan fingerprint density at radius 1 is 0.969 bits per heavy atom. The maximum Gasteiger partial charge on any atom is 0.260 e. The Bertz CT molecular complexity index is 785. The third-order valence-corrected chi connectivity index (χ3v) is 7.92. The van der Waals surface area contributed by atoms with Crippen LogP contribution in [0.15, 0.2) is 24.3 Å². The van der Waals surface area contributed by atoms with Crippen molar-refractivity contribution in [3.05, 3.63) is 29.8 Å². The molecule has 4 fully saturated rings. The Labute approximate surface area is 191 Å². The molecule has 1 aliphatic carbocycles. The van der Waals surface area contributed by atoms with Gasteiger partial charge in [-0.15, -0.1) is 0 Å². The van der Waals surface area contributed by atoms with Crippen LogP contribution in [0.4, 0.5) is 4.39 Å². The largest absolute Gasteiger partial charge is 0.490 e. The second-order valence-electron chi connectivity index (χ2n) is 10.1. The highest BCUT2D eigenvalue weighted by Gasteiger charge is 2.52.